The van der Waals surface area contributed by atoms with Gasteiger partial charge < -0.3 is 10.1 Å². The fourth-order valence-electron chi connectivity index (χ4n) is 2.41. The Hall–Kier alpha value is -1.49. The molecule has 2 aromatic rings. The number of nitrogens with one attached hydrogen (secondary N) is 1. The number of anilines is 1. The zero-order valence-corrected chi connectivity index (χ0v) is 13.2. The molecule has 2 heterocycles. The van der Waals surface area contributed by atoms with Gasteiger partial charge in [-0.05, 0) is 32.0 Å². The van der Waals surface area contributed by atoms with Crippen molar-refractivity contribution in [2.24, 2.45) is 0 Å². The SMILES string of the molecule is CC(C)n1cc(NC2CCOc3ccc(Br)cc32)cn1. The van der Waals surface area contributed by atoms with E-state index in [1.165, 1.54) is 5.56 Å². The van der Waals surface area contributed by atoms with Crippen molar-refractivity contribution in [3.8, 4) is 5.75 Å². The number of fused-ring (bicyclic) bond motifs is 1. The number of benzene rings is 1. The van der Waals surface area contributed by atoms with E-state index < -0.39 is 0 Å². The Balaban J connectivity index is 1.83. The van der Waals surface area contributed by atoms with E-state index >= 15 is 0 Å². The first kappa shape index (κ1) is 13.5. The summed E-state index contributed by atoms with van der Waals surface area (Å²) in [5, 5.41) is 7.92. The van der Waals surface area contributed by atoms with Crippen molar-refractivity contribution < 1.29 is 4.74 Å². The maximum atomic E-state index is 5.71. The molecule has 4 nitrogen and oxygen atoms in total. The Morgan fingerprint density at radius 1 is 1.45 bits per heavy atom. The lowest BCUT2D eigenvalue weighted by Gasteiger charge is -2.27. The minimum Gasteiger partial charge on any atom is -0.493 e. The summed E-state index contributed by atoms with van der Waals surface area (Å²) in [6.07, 6.45) is 4.89. The van der Waals surface area contributed by atoms with Gasteiger partial charge in [0.05, 0.1) is 24.5 Å². The van der Waals surface area contributed by atoms with Gasteiger partial charge in [0.25, 0.3) is 0 Å². The van der Waals surface area contributed by atoms with Crippen molar-refractivity contribution in [3.05, 3.63) is 40.6 Å². The summed E-state index contributed by atoms with van der Waals surface area (Å²) in [4.78, 5) is 0. The minimum atomic E-state index is 0.265. The molecule has 1 aliphatic heterocycles. The lowest BCUT2D eigenvalue weighted by molar-refractivity contribution is 0.274. The molecule has 1 aromatic heterocycles. The Bertz CT molecular complexity index is 609. The van der Waals surface area contributed by atoms with Crippen LogP contribution >= 0.6 is 15.9 Å². The van der Waals surface area contributed by atoms with Gasteiger partial charge in [0.15, 0.2) is 0 Å². The smallest absolute Gasteiger partial charge is 0.124 e. The van der Waals surface area contributed by atoms with Crippen molar-refractivity contribution in [1.82, 2.24) is 9.78 Å². The van der Waals surface area contributed by atoms with E-state index in [0.29, 0.717) is 6.04 Å². The standard InChI is InChI=1S/C15H18BrN3O/c1-10(2)19-9-12(8-17-19)18-14-5-6-20-15-4-3-11(16)7-13(14)15/h3-4,7-10,14,18H,5-6H2,1-2H3. The van der Waals surface area contributed by atoms with Crippen molar-refractivity contribution in [2.75, 3.05) is 11.9 Å². The van der Waals surface area contributed by atoms with Crippen LogP contribution in [-0.4, -0.2) is 16.4 Å². The maximum Gasteiger partial charge on any atom is 0.124 e. The molecule has 0 saturated carbocycles. The lowest BCUT2D eigenvalue weighted by Crippen LogP contribution is -2.20. The van der Waals surface area contributed by atoms with Crippen LogP contribution < -0.4 is 10.1 Å². The van der Waals surface area contributed by atoms with Crippen LogP contribution in [0.5, 0.6) is 5.75 Å². The highest BCUT2D eigenvalue weighted by Crippen LogP contribution is 2.36. The fourth-order valence-corrected chi connectivity index (χ4v) is 2.79. The van der Waals surface area contributed by atoms with E-state index in [9.17, 15) is 0 Å². The number of ether oxygens (including phenoxy) is 1. The molecule has 0 radical (unpaired) electrons. The van der Waals surface area contributed by atoms with Crippen LogP contribution in [0.4, 0.5) is 5.69 Å². The second-order valence-corrected chi connectivity index (χ2v) is 6.23. The molecule has 0 spiro atoms. The van der Waals surface area contributed by atoms with Gasteiger partial charge in [0, 0.05) is 28.7 Å². The first-order valence-corrected chi connectivity index (χ1v) is 7.66. The molecule has 1 aromatic carbocycles. The molecule has 1 unspecified atom stereocenters. The number of halogens is 1. The summed E-state index contributed by atoms with van der Waals surface area (Å²) >= 11 is 3.53. The number of nitrogens with zero attached hydrogens (tertiary/aromatic N) is 2. The van der Waals surface area contributed by atoms with Crippen LogP contribution in [0, 0.1) is 0 Å². The third-order valence-corrected chi connectivity index (χ3v) is 3.98. The predicted octanol–water partition coefficient (Wildman–Crippen LogP) is 4.16. The molecule has 0 fully saturated rings. The van der Waals surface area contributed by atoms with E-state index in [0.717, 1.165) is 28.9 Å². The fraction of sp³-hybridized carbons (Fsp3) is 0.400. The summed E-state index contributed by atoms with van der Waals surface area (Å²) in [6.45, 7) is 4.99. The molecular formula is C15H18BrN3O. The number of hydrogen-bond acceptors (Lipinski definition) is 3. The molecule has 106 valence electrons. The minimum absolute atomic E-state index is 0.265. The van der Waals surface area contributed by atoms with Crippen LogP contribution in [0.3, 0.4) is 0 Å². The molecule has 20 heavy (non-hydrogen) atoms. The summed E-state index contributed by atoms with van der Waals surface area (Å²) in [5.41, 5.74) is 2.25. The van der Waals surface area contributed by atoms with Crippen LogP contribution in [0.1, 0.15) is 37.9 Å². The first-order valence-electron chi connectivity index (χ1n) is 6.86. The Kier molecular flexibility index (Phi) is 3.70. The van der Waals surface area contributed by atoms with Gasteiger partial charge in [-0.15, -0.1) is 0 Å². The van der Waals surface area contributed by atoms with Crippen molar-refractivity contribution in [1.29, 1.82) is 0 Å². The molecule has 5 heteroatoms. The van der Waals surface area contributed by atoms with Crippen molar-refractivity contribution in [3.63, 3.8) is 0 Å². The first-order chi connectivity index (χ1) is 9.63. The average Bonchev–Trinajstić information content (AvgIpc) is 2.88. The van der Waals surface area contributed by atoms with Crippen LogP contribution in [-0.2, 0) is 0 Å². The van der Waals surface area contributed by atoms with Gasteiger partial charge in [0.2, 0.25) is 0 Å². The quantitative estimate of drug-likeness (QED) is 0.915. The largest absolute Gasteiger partial charge is 0.493 e. The molecule has 0 amide bonds. The molecule has 1 N–H and O–H groups in total. The van der Waals surface area contributed by atoms with Gasteiger partial charge in [-0.2, -0.15) is 5.10 Å². The van der Waals surface area contributed by atoms with Gasteiger partial charge in [-0.25, -0.2) is 0 Å². The highest BCUT2D eigenvalue weighted by Gasteiger charge is 2.22. The summed E-state index contributed by atoms with van der Waals surface area (Å²) in [7, 11) is 0. The summed E-state index contributed by atoms with van der Waals surface area (Å²) < 4.78 is 8.75. The topological polar surface area (TPSA) is 39.1 Å². The monoisotopic (exact) mass is 335 g/mol. The average molecular weight is 336 g/mol. The third-order valence-electron chi connectivity index (χ3n) is 3.48. The van der Waals surface area contributed by atoms with E-state index in [2.05, 4.69) is 52.5 Å². The number of rotatable bonds is 3. The zero-order valence-electron chi connectivity index (χ0n) is 11.6. The van der Waals surface area contributed by atoms with E-state index in [1.807, 2.05) is 23.0 Å². The van der Waals surface area contributed by atoms with E-state index in [-0.39, 0.29) is 6.04 Å². The predicted molar refractivity (Wildman–Crippen MR) is 83.2 cm³/mol. The normalized spacial score (nSPS) is 17.7. The highest BCUT2D eigenvalue weighted by atomic mass is 79.9. The molecule has 3 rings (SSSR count). The summed E-state index contributed by atoms with van der Waals surface area (Å²) in [6, 6.07) is 6.80. The van der Waals surface area contributed by atoms with Crippen molar-refractivity contribution >= 4 is 21.6 Å². The highest BCUT2D eigenvalue weighted by molar-refractivity contribution is 9.10. The van der Waals surface area contributed by atoms with Crippen LogP contribution in [0.25, 0.3) is 0 Å². The zero-order chi connectivity index (χ0) is 14.1. The lowest BCUT2D eigenvalue weighted by atomic mass is 10.0. The number of hydrogen-bond donors (Lipinski definition) is 1. The van der Waals surface area contributed by atoms with Gasteiger partial charge in [-0.1, -0.05) is 15.9 Å². The molecule has 0 aliphatic carbocycles. The molecule has 1 aliphatic rings. The Morgan fingerprint density at radius 2 is 2.30 bits per heavy atom. The van der Waals surface area contributed by atoms with Gasteiger partial charge in [-0.3, -0.25) is 4.68 Å². The molecule has 1 atom stereocenters. The second-order valence-electron chi connectivity index (χ2n) is 5.32. The second kappa shape index (κ2) is 5.48. The van der Waals surface area contributed by atoms with Gasteiger partial charge >= 0.3 is 0 Å². The van der Waals surface area contributed by atoms with Crippen LogP contribution in [0.2, 0.25) is 0 Å². The number of aromatic nitrogens is 2. The van der Waals surface area contributed by atoms with Crippen molar-refractivity contribution in [2.45, 2.75) is 32.4 Å². The van der Waals surface area contributed by atoms with E-state index in [4.69, 9.17) is 4.74 Å². The Labute approximate surface area is 127 Å². The van der Waals surface area contributed by atoms with Crippen LogP contribution in [0.15, 0.2) is 35.1 Å². The summed E-state index contributed by atoms with van der Waals surface area (Å²) in [5.74, 6) is 0.966. The third kappa shape index (κ3) is 2.68. The Morgan fingerprint density at radius 3 is 3.05 bits per heavy atom. The molecule has 0 saturated heterocycles. The van der Waals surface area contributed by atoms with Gasteiger partial charge in [0.1, 0.15) is 5.75 Å². The molecular weight excluding hydrogens is 318 g/mol. The maximum absolute atomic E-state index is 5.71. The van der Waals surface area contributed by atoms with E-state index in [1.54, 1.807) is 0 Å². The molecule has 0 bridgehead atoms.